The van der Waals surface area contributed by atoms with Gasteiger partial charge in [-0.2, -0.15) is 0 Å². The molecule has 2 atom stereocenters. The Labute approximate surface area is 141 Å². The highest BCUT2D eigenvalue weighted by Gasteiger charge is 2.19. The van der Waals surface area contributed by atoms with Crippen molar-refractivity contribution in [3.05, 3.63) is 35.4 Å². The minimum absolute atomic E-state index is 0.434. The lowest BCUT2D eigenvalue weighted by atomic mass is 10.0. The Morgan fingerprint density at radius 1 is 1.30 bits per heavy atom. The molecule has 23 heavy (non-hydrogen) atoms. The van der Waals surface area contributed by atoms with Crippen molar-refractivity contribution in [2.75, 3.05) is 39.8 Å². The van der Waals surface area contributed by atoms with Crippen LogP contribution >= 0.6 is 0 Å². The van der Waals surface area contributed by atoms with Crippen LogP contribution in [0.15, 0.2) is 29.3 Å². The summed E-state index contributed by atoms with van der Waals surface area (Å²) in [5, 5.41) is 6.87. The van der Waals surface area contributed by atoms with Gasteiger partial charge in [0.25, 0.3) is 0 Å². The molecule has 1 aromatic carbocycles. The van der Waals surface area contributed by atoms with E-state index in [0.29, 0.717) is 5.92 Å². The first-order chi connectivity index (χ1) is 11.1. The average Bonchev–Trinajstić information content (AvgIpc) is 2.96. The van der Waals surface area contributed by atoms with E-state index in [-0.39, 0.29) is 0 Å². The van der Waals surface area contributed by atoms with Crippen LogP contribution in [0.4, 0.5) is 0 Å². The van der Waals surface area contributed by atoms with Gasteiger partial charge in [0, 0.05) is 32.1 Å². The minimum atomic E-state index is 0.434. The maximum Gasteiger partial charge on any atom is 0.191 e. The molecule has 4 nitrogen and oxygen atoms in total. The lowest BCUT2D eigenvalue weighted by molar-refractivity contribution is 0.394. The van der Waals surface area contributed by atoms with Crippen LogP contribution in [0.1, 0.15) is 37.3 Å². The summed E-state index contributed by atoms with van der Waals surface area (Å²) < 4.78 is 0. The highest BCUT2D eigenvalue weighted by molar-refractivity contribution is 5.79. The van der Waals surface area contributed by atoms with Crippen molar-refractivity contribution in [1.82, 2.24) is 15.5 Å². The summed E-state index contributed by atoms with van der Waals surface area (Å²) in [7, 11) is 2.20. The summed E-state index contributed by atoms with van der Waals surface area (Å²) in [4.78, 5) is 7.17. The van der Waals surface area contributed by atoms with Crippen molar-refractivity contribution < 1.29 is 0 Å². The maximum atomic E-state index is 4.77. The second kappa shape index (κ2) is 8.92. The largest absolute Gasteiger partial charge is 0.357 e. The fraction of sp³-hybridized carbons (Fsp3) is 0.632. The van der Waals surface area contributed by atoms with Gasteiger partial charge in [-0.3, -0.25) is 4.99 Å². The standard InChI is InChI=1S/C19H32N4/c1-5-20-19(22-13-17-10-11-23(4)14-17)21-12-16(3)18-8-6-15(2)7-9-18/h6-9,16-17H,5,10-14H2,1-4H3,(H2,20,21,22). The van der Waals surface area contributed by atoms with Gasteiger partial charge >= 0.3 is 0 Å². The lowest BCUT2D eigenvalue weighted by Crippen LogP contribution is -2.40. The zero-order valence-electron chi connectivity index (χ0n) is 15.1. The van der Waals surface area contributed by atoms with E-state index >= 15 is 0 Å². The van der Waals surface area contributed by atoms with Gasteiger partial charge < -0.3 is 15.5 Å². The molecule has 1 saturated heterocycles. The summed E-state index contributed by atoms with van der Waals surface area (Å²) in [6.07, 6.45) is 1.28. The summed E-state index contributed by atoms with van der Waals surface area (Å²) in [5.74, 6) is 2.11. The SMILES string of the molecule is CCNC(=NCC(C)c1ccc(C)cc1)NCC1CCN(C)C1. The molecule has 2 unspecified atom stereocenters. The molecule has 128 valence electrons. The predicted octanol–water partition coefficient (Wildman–Crippen LogP) is 2.61. The van der Waals surface area contributed by atoms with Crippen molar-refractivity contribution in [3.63, 3.8) is 0 Å². The Kier molecular flexibility index (Phi) is 6.90. The first kappa shape index (κ1) is 17.8. The molecule has 1 heterocycles. The van der Waals surface area contributed by atoms with Crippen molar-refractivity contribution in [1.29, 1.82) is 0 Å². The normalized spacial score (nSPS) is 20.5. The van der Waals surface area contributed by atoms with Gasteiger partial charge in [0.15, 0.2) is 5.96 Å². The number of aliphatic imine (C=N–C) groups is 1. The minimum Gasteiger partial charge on any atom is -0.357 e. The zero-order chi connectivity index (χ0) is 16.7. The topological polar surface area (TPSA) is 39.7 Å². The van der Waals surface area contributed by atoms with Gasteiger partial charge in [0.2, 0.25) is 0 Å². The maximum absolute atomic E-state index is 4.77. The predicted molar refractivity (Wildman–Crippen MR) is 99.2 cm³/mol. The van der Waals surface area contributed by atoms with Crippen LogP contribution in [0.25, 0.3) is 0 Å². The van der Waals surface area contributed by atoms with Crippen LogP contribution in [0.3, 0.4) is 0 Å². The van der Waals surface area contributed by atoms with E-state index in [1.807, 2.05) is 0 Å². The lowest BCUT2D eigenvalue weighted by Gasteiger charge is -2.16. The van der Waals surface area contributed by atoms with E-state index in [1.165, 1.54) is 30.6 Å². The molecule has 1 aromatic rings. The molecule has 0 aromatic heterocycles. The Morgan fingerprint density at radius 3 is 2.65 bits per heavy atom. The van der Waals surface area contributed by atoms with Gasteiger partial charge in [-0.1, -0.05) is 36.8 Å². The molecular formula is C19H32N4. The number of hydrogen-bond donors (Lipinski definition) is 2. The smallest absolute Gasteiger partial charge is 0.191 e. The van der Waals surface area contributed by atoms with Crippen molar-refractivity contribution in [2.24, 2.45) is 10.9 Å². The van der Waals surface area contributed by atoms with Crippen molar-refractivity contribution in [2.45, 2.75) is 33.1 Å². The fourth-order valence-corrected chi connectivity index (χ4v) is 3.00. The third-order valence-electron chi connectivity index (χ3n) is 4.56. The molecule has 0 saturated carbocycles. The van der Waals surface area contributed by atoms with Gasteiger partial charge in [-0.05, 0) is 45.3 Å². The highest BCUT2D eigenvalue weighted by atomic mass is 15.2. The first-order valence-electron chi connectivity index (χ1n) is 8.85. The van der Waals surface area contributed by atoms with Gasteiger partial charge in [0.05, 0.1) is 0 Å². The number of likely N-dealkylation sites (tertiary alicyclic amines) is 1. The van der Waals surface area contributed by atoms with Crippen LogP contribution in [-0.4, -0.2) is 50.6 Å². The van der Waals surface area contributed by atoms with Crippen LogP contribution in [-0.2, 0) is 0 Å². The third kappa shape index (κ3) is 5.87. The Hall–Kier alpha value is -1.55. The van der Waals surface area contributed by atoms with E-state index in [9.17, 15) is 0 Å². The molecule has 2 rings (SSSR count). The van der Waals surface area contributed by atoms with E-state index in [2.05, 4.69) is 67.6 Å². The summed E-state index contributed by atoms with van der Waals surface area (Å²) in [5.41, 5.74) is 2.66. The number of rotatable bonds is 6. The van der Waals surface area contributed by atoms with E-state index in [4.69, 9.17) is 4.99 Å². The fourth-order valence-electron chi connectivity index (χ4n) is 3.00. The van der Waals surface area contributed by atoms with E-state index in [1.54, 1.807) is 0 Å². The monoisotopic (exact) mass is 316 g/mol. The molecule has 1 aliphatic rings. The first-order valence-corrected chi connectivity index (χ1v) is 8.85. The molecule has 4 heteroatoms. The zero-order valence-corrected chi connectivity index (χ0v) is 15.1. The third-order valence-corrected chi connectivity index (χ3v) is 4.56. The quantitative estimate of drug-likeness (QED) is 0.626. The second-order valence-electron chi connectivity index (χ2n) is 6.83. The highest BCUT2D eigenvalue weighted by Crippen LogP contribution is 2.16. The Balaban J connectivity index is 1.85. The van der Waals surface area contributed by atoms with Gasteiger partial charge in [-0.25, -0.2) is 0 Å². The molecule has 0 spiro atoms. The molecule has 1 aliphatic heterocycles. The van der Waals surface area contributed by atoms with Crippen LogP contribution < -0.4 is 10.6 Å². The number of nitrogens with zero attached hydrogens (tertiary/aromatic N) is 2. The molecule has 0 radical (unpaired) electrons. The van der Waals surface area contributed by atoms with Crippen molar-refractivity contribution >= 4 is 5.96 Å². The van der Waals surface area contributed by atoms with Crippen LogP contribution in [0.5, 0.6) is 0 Å². The summed E-state index contributed by atoms with van der Waals surface area (Å²) in [6, 6.07) is 8.78. The van der Waals surface area contributed by atoms with Crippen LogP contribution in [0.2, 0.25) is 0 Å². The summed E-state index contributed by atoms with van der Waals surface area (Å²) >= 11 is 0. The molecule has 0 aliphatic carbocycles. The second-order valence-corrected chi connectivity index (χ2v) is 6.83. The van der Waals surface area contributed by atoms with Gasteiger partial charge in [0.1, 0.15) is 0 Å². The van der Waals surface area contributed by atoms with Crippen molar-refractivity contribution in [3.8, 4) is 0 Å². The molecule has 1 fully saturated rings. The molecule has 0 bridgehead atoms. The number of hydrogen-bond acceptors (Lipinski definition) is 2. The number of aryl methyl sites for hydroxylation is 1. The van der Waals surface area contributed by atoms with E-state index < -0.39 is 0 Å². The average molecular weight is 316 g/mol. The van der Waals surface area contributed by atoms with Crippen LogP contribution in [0, 0.1) is 12.8 Å². The number of benzene rings is 1. The van der Waals surface area contributed by atoms with Gasteiger partial charge in [-0.15, -0.1) is 0 Å². The number of nitrogens with one attached hydrogen (secondary N) is 2. The molecule has 2 N–H and O–H groups in total. The number of guanidine groups is 1. The molecule has 0 amide bonds. The Bertz CT molecular complexity index is 495. The Morgan fingerprint density at radius 2 is 2.04 bits per heavy atom. The van der Waals surface area contributed by atoms with E-state index in [0.717, 1.165) is 31.5 Å². The summed E-state index contributed by atoms with van der Waals surface area (Å²) in [6.45, 7) is 11.6. The molecular weight excluding hydrogens is 284 g/mol.